The van der Waals surface area contributed by atoms with Crippen LogP contribution in [-0.4, -0.2) is 35.5 Å². The van der Waals surface area contributed by atoms with E-state index in [4.69, 9.17) is 0 Å². The summed E-state index contributed by atoms with van der Waals surface area (Å²) in [4.78, 5) is 12.4. The van der Waals surface area contributed by atoms with E-state index in [9.17, 15) is 18.3 Å². The molecule has 8 nitrogen and oxygen atoms in total. The van der Waals surface area contributed by atoms with E-state index in [0.717, 1.165) is 17.4 Å². The Labute approximate surface area is 156 Å². The topological polar surface area (TPSA) is 113 Å². The molecule has 2 aromatic carbocycles. The molecule has 0 aliphatic rings. The number of hydrogen-bond donors (Lipinski definition) is 3. The van der Waals surface area contributed by atoms with Crippen LogP contribution in [0.4, 0.5) is 11.4 Å². The number of aromatic nitrogens is 2. The first kappa shape index (κ1) is 18.5. The maximum atomic E-state index is 12.4. The number of carbonyl (C=O) groups is 1. The van der Waals surface area contributed by atoms with Gasteiger partial charge in [-0.1, -0.05) is 12.1 Å². The van der Waals surface area contributed by atoms with Crippen molar-refractivity contribution in [2.45, 2.75) is 0 Å². The zero-order chi connectivity index (χ0) is 19.6. The van der Waals surface area contributed by atoms with Gasteiger partial charge in [-0.2, -0.15) is 5.10 Å². The largest absolute Gasteiger partial charge is 0.506 e. The first-order chi connectivity index (χ1) is 12.7. The summed E-state index contributed by atoms with van der Waals surface area (Å²) in [5.74, 6) is -0.594. The molecule has 0 aliphatic heterocycles. The third-order valence-electron chi connectivity index (χ3n) is 3.74. The Morgan fingerprint density at radius 3 is 2.41 bits per heavy atom. The Hall–Kier alpha value is -3.33. The quantitative estimate of drug-likeness (QED) is 0.460. The molecular weight excluding hydrogens is 368 g/mol. The number of phenols is 1. The van der Waals surface area contributed by atoms with Crippen LogP contribution in [0.25, 0.3) is 11.1 Å². The van der Waals surface area contributed by atoms with E-state index < -0.39 is 10.0 Å². The minimum atomic E-state index is -3.56. The first-order valence-corrected chi connectivity index (χ1v) is 9.82. The Bertz CT molecular complexity index is 1090. The number of amides is 1. The average molecular weight is 386 g/mol. The third kappa shape index (κ3) is 4.64. The van der Waals surface area contributed by atoms with Gasteiger partial charge in [0.05, 0.1) is 18.1 Å². The summed E-state index contributed by atoms with van der Waals surface area (Å²) in [5, 5.41) is 16.5. The minimum absolute atomic E-state index is 0.0118. The lowest BCUT2D eigenvalue weighted by Crippen LogP contribution is -2.13. The molecule has 0 spiro atoms. The first-order valence-electron chi connectivity index (χ1n) is 7.92. The number of nitrogens with one attached hydrogen (secondary N) is 2. The number of carbonyl (C=O) groups excluding carboxylic acids is 1. The molecule has 1 amide bonds. The summed E-state index contributed by atoms with van der Waals surface area (Å²) in [6, 6.07) is 11.1. The fraction of sp³-hybridized carbons (Fsp3) is 0.111. The second-order valence-corrected chi connectivity index (χ2v) is 7.79. The fourth-order valence-corrected chi connectivity index (χ4v) is 3.05. The molecule has 0 saturated carbocycles. The molecule has 1 heterocycles. The molecule has 0 saturated heterocycles. The zero-order valence-corrected chi connectivity index (χ0v) is 15.5. The van der Waals surface area contributed by atoms with Crippen molar-refractivity contribution in [3.63, 3.8) is 0 Å². The second kappa shape index (κ2) is 7.12. The van der Waals surface area contributed by atoms with Crippen LogP contribution in [0, 0.1) is 0 Å². The number of anilines is 2. The van der Waals surface area contributed by atoms with Crippen molar-refractivity contribution in [2.75, 3.05) is 16.3 Å². The van der Waals surface area contributed by atoms with E-state index >= 15 is 0 Å². The van der Waals surface area contributed by atoms with Crippen molar-refractivity contribution in [1.82, 2.24) is 9.78 Å². The maximum Gasteiger partial charge on any atom is 0.255 e. The summed E-state index contributed by atoms with van der Waals surface area (Å²) >= 11 is 0. The smallest absolute Gasteiger partial charge is 0.255 e. The van der Waals surface area contributed by atoms with Gasteiger partial charge in [0.15, 0.2) is 0 Å². The zero-order valence-electron chi connectivity index (χ0n) is 14.7. The number of nitrogens with zero attached hydrogens (tertiary/aromatic N) is 2. The molecule has 0 unspecified atom stereocenters. The predicted molar refractivity (Wildman–Crippen MR) is 103 cm³/mol. The lowest BCUT2D eigenvalue weighted by molar-refractivity contribution is 0.102. The van der Waals surface area contributed by atoms with Crippen LogP contribution < -0.4 is 10.0 Å². The van der Waals surface area contributed by atoms with Gasteiger partial charge in [-0.15, -0.1) is 0 Å². The monoisotopic (exact) mass is 386 g/mol. The van der Waals surface area contributed by atoms with Crippen molar-refractivity contribution in [2.24, 2.45) is 7.05 Å². The van der Waals surface area contributed by atoms with Crippen molar-refractivity contribution >= 4 is 27.3 Å². The lowest BCUT2D eigenvalue weighted by atomic mass is 10.1. The summed E-state index contributed by atoms with van der Waals surface area (Å²) in [7, 11) is -1.73. The van der Waals surface area contributed by atoms with Crippen LogP contribution in [-0.2, 0) is 17.1 Å². The molecule has 1 aromatic heterocycles. The van der Waals surface area contributed by atoms with Crippen LogP contribution in [0.3, 0.4) is 0 Å². The van der Waals surface area contributed by atoms with Gasteiger partial charge < -0.3 is 10.4 Å². The highest BCUT2D eigenvalue weighted by Crippen LogP contribution is 2.28. The van der Waals surface area contributed by atoms with E-state index in [0.29, 0.717) is 11.3 Å². The van der Waals surface area contributed by atoms with Gasteiger partial charge in [-0.3, -0.25) is 14.2 Å². The predicted octanol–water partition coefficient (Wildman–Crippen LogP) is 2.42. The Morgan fingerprint density at radius 1 is 1.11 bits per heavy atom. The molecule has 0 radical (unpaired) electrons. The van der Waals surface area contributed by atoms with Crippen LogP contribution in [0.2, 0.25) is 0 Å². The normalized spacial score (nSPS) is 11.2. The highest BCUT2D eigenvalue weighted by molar-refractivity contribution is 7.92. The van der Waals surface area contributed by atoms with E-state index in [1.54, 1.807) is 23.0 Å². The Kier molecular flexibility index (Phi) is 4.87. The number of hydrogen-bond acceptors (Lipinski definition) is 5. The molecule has 3 N–H and O–H groups in total. The van der Waals surface area contributed by atoms with Crippen molar-refractivity contribution in [3.8, 4) is 16.9 Å². The molecule has 3 rings (SSSR count). The number of sulfonamides is 1. The number of rotatable bonds is 5. The highest BCUT2D eigenvalue weighted by Gasteiger charge is 2.11. The molecule has 27 heavy (non-hydrogen) atoms. The lowest BCUT2D eigenvalue weighted by Gasteiger charge is -2.10. The van der Waals surface area contributed by atoms with Gasteiger partial charge in [-0.05, 0) is 35.9 Å². The molecule has 0 fully saturated rings. The summed E-state index contributed by atoms with van der Waals surface area (Å²) in [6.07, 6.45) is 4.59. The Balaban J connectivity index is 1.76. The molecule has 9 heteroatoms. The number of benzene rings is 2. The highest BCUT2D eigenvalue weighted by atomic mass is 32.2. The van der Waals surface area contributed by atoms with Crippen molar-refractivity contribution < 1.29 is 18.3 Å². The van der Waals surface area contributed by atoms with Crippen molar-refractivity contribution in [3.05, 3.63) is 60.4 Å². The van der Waals surface area contributed by atoms with E-state index in [-0.39, 0.29) is 17.3 Å². The molecule has 0 aliphatic carbocycles. The van der Waals surface area contributed by atoms with Gasteiger partial charge in [0.2, 0.25) is 10.0 Å². The van der Waals surface area contributed by atoms with Gasteiger partial charge in [0.25, 0.3) is 5.91 Å². The number of phenolic OH excluding ortho intramolecular Hbond substituents is 1. The Morgan fingerprint density at radius 2 is 1.81 bits per heavy atom. The van der Waals surface area contributed by atoms with E-state index in [2.05, 4.69) is 15.1 Å². The third-order valence-corrected chi connectivity index (χ3v) is 4.33. The van der Waals surface area contributed by atoms with Gasteiger partial charge in [0.1, 0.15) is 5.75 Å². The van der Waals surface area contributed by atoms with Crippen LogP contribution in [0.5, 0.6) is 5.75 Å². The summed E-state index contributed by atoms with van der Waals surface area (Å²) in [5.41, 5.74) is 2.65. The van der Waals surface area contributed by atoms with Gasteiger partial charge in [-0.25, -0.2) is 8.42 Å². The number of aromatic hydroxyl groups is 1. The number of aryl methyl sites for hydroxylation is 1. The second-order valence-electron chi connectivity index (χ2n) is 6.04. The van der Waals surface area contributed by atoms with Gasteiger partial charge in [0, 0.05) is 30.1 Å². The van der Waals surface area contributed by atoms with Crippen LogP contribution in [0.15, 0.2) is 54.9 Å². The average Bonchev–Trinajstić information content (AvgIpc) is 3.03. The van der Waals surface area contributed by atoms with Gasteiger partial charge >= 0.3 is 0 Å². The van der Waals surface area contributed by atoms with Crippen LogP contribution in [0.1, 0.15) is 10.4 Å². The van der Waals surface area contributed by atoms with E-state index in [1.807, 2.05) is 25.4 Å². The summed E-state index contributed by atoms with van der Waals surface area (Å²) in [6.45, 7) is 0. The molecule has 0 atom stereocenters. The van der Waals surface area contributed by atoms with Crippen molar-refractivity contribution in [1.29, 1.82) is 0 Å². The molecular formula is C18H18N4O4S. The molecule has 0 bridgehead atoms. The maximum absolute atomic E-state index is 12.4. The molecule has 3 aromatic rings. The van der Waals surface area contributed by atoms with Crippen LogP contribution >= 0.6 is 0 Å². The SMILES string of the molecule is Cn1cc(-c2ccc(C(=O)Nc3ccc(O)c(NS(C)(=O)=O)c3)cc2)cn1. The van der Waals surface area contributed by atoms with E-state index in [1.165, 1.54) is 18.2 Å². The summed E-state index contributed by atoms with van der Waals surface area (Å²) < 4.78 is 26.6. The minimum Gasteiger partial charge on any atom is -0.506 e. The standard InChI is InChI=1S/C18H18N4O4S/c1-22-11-14(10-19-22)12-3-5-13(6-4-12)18(24)20-15-7-8-17(23)16(9-15)21-27(2,25)26/h3-11,21,23H,1-2H3,(H,20,24). The fourth-order valence-electron chi connectivity index (χ4n) is 2.48. The molecule has 140 valence electrons.